The Bertz CT molecular complexity index is 589. The highest BCUT2D eigenvalue weighted by atomic mass is 16.5. The fourth-order valence-corrected chi connectivity index (χ4v) is 1.19. The van der Waals surface area contributed by atoms with Gasteiger partial charge in [-0.25, -0.2) is 9.78 Å². The summed E-state index contributed by atoms with van der Waals surface area (Å²) < 4.78 is 5.20. The molecule has 6 heteroatoms. The first-order chi connectivity index (χ1) is 8.16. The van der Waals surface area contributed by atoms with E-state index in [1.807, 2.05) is 0 Å². The van der Waals surface area contributed by atoms with Crippen LogP contribution < -0.4 is 10.3 Å². The van der Waals surface area contributed by atoms with Crippen LogP contribution in [0.15, 0.2) is 41.5 Å². The molecule has 0 amide bonds. The highest BCUT2D eigenvalue weighted by Gasteiger charge is 2.05. The molecule has 0 spiro atoms. The van der Waals surface area contributed by atoms with Gasteiger partial charge in [-0.15, -0.1) is 0 Å². The van der Waals surface area contributed by atoms with E-state index in [2.05, 4.69) is 9.97 Å². The molecule has 2 rings (SSSR count). The molecule has 1 heterocycles. The van der Waals surface area contributed by atoms with Crippen molar-refractivity contribution < 1.29 is 14.6 Å². The van der Waals surface area contributed by atoms with Crippen molar-refractivity contribution in [2.75, 3.05) is 0 Å². The maximum absolute atomic E-state index is 11.3. The SMILES string of the molecule is O=C(O)c1ccc(Oc2ncc[nH]c2=O)cc1. The number of nitrogens with one attached hydrogen (secondary N) is 1. The summed E-state index contributed by atoms with van der Waals surface area (Å²) in [4.78, 5) is 28.0. The Kier molecular flexibility index (Phi) is 2.87. The molecule has 2 aromatic rings. The predicted octanol–water partition coefficient (Wildman–Crippen LogP) is 1.26. The third-order valence-electron chi connectivity index (χ3n) is 1.99. The van der Waals surface area contributed by atoms with Gasteiger partial charge in [0.25, 0.3) is 5.88 Å². The average Bonchev–Trinajstić information content (AvgIpc) is 2.33. The third kappa shape index (κ3) is 2.49. The molecular weight excluding hydrogens is 224 g/mol. The van der Waals surface area contributed by atoms with E-state index in [9.17, 15) is 9.59 Å². The van der Waals surface area contributed by atoms with Crippen molar-refractivity contribution in [1.29, 1.82) is 0 Å². The molecule has 0 atom stereocenters. The molecule has 0 aliphatic carbocycles. The number of ether oxygens (including phenoxy) is 1. The van der Waals surface area contributed by atoms with Crippen LogP contribution in [0.3, 0.4) is 0 Å². The van der Waals surface area contributed by atoms with E-state index in [0.717, 1.165) is 0 Å². The molecule has 0 aliphatic heterocycles. The summed E-state index contributed by atoms with van der Waals surface area (Å²) in [6.07, 6.45) is 2.78. The van der Waals surface area contributed by atoms with E-state index < -0.39 is 11.5 Å². The Labute approximate surface area is 95.5 Å². The number of hydrogen-bond donors (Lipinski definition) is 2. The molecule has 1 aromatic heterocycles. The average molecular weight is 232 g/mol. The van der Waals surface area contributed by atoms with Gasteiger partial charge in [-0.05, 0) is 24.3 Å². The number of benzene rings is 1. The fourth-order valence-electron chi connectivity index (χ4n) is 1.19. The molecule has 0 saturated carbocycles. The van der Waals surface area contributed by atoms with Crippen LogP contribution in [0.1, 0.15) is 10.4 Å². The standard InChI is InChI=1S/C11H8N2O4/c14-9-10(13-6-5-12-9)17-8-3-1-7(2-4-8)11(15)16/h1-6H,(H,12,14)(H,15,16). The Morgan fingerprint density at radius 1 is 1.29 bits per heavy atom. The first-order valence-corrected chi connectivity index (χ1v) is 4.72. The van der Waals surface area contributed by atoms with Gasteiger partial charge in [-0.2, -0.15) is 0 Å². The quantitative estimate of drug-likeness (QED) is 0.831. The molecule has 0 fully saturated rings. The second kappa shape index (κ2) is 4.48. The molecule has 0 bridgehead atoms. The van der Waals surface area contributed by atoms with Crippen molar-refractivity contribution >= 4 is 5.97 Å². The van der Waals surface area contributed by atoms with Crippen LogP contribution in [0.2, 0.25) is 0 Å². The van der Waals surface area contributed by atoms with Crippen LogP contribution in [0.25, 0.3) is 0 Å². The summed E-state index contributed by atoms with van der Waals surface area (Å²) in [5.74, 6) is -0.762. The van der Waals surface area contributed by atoms with Gasteiger partial charge in [0.15, 0.2) is 0 Å². The Morgan fingerprint density at radius 2 is 2.00 bits per heavy atom. The number of rotatable bonds is 3. The van der Waals surface area contributed by atoms with Crippen molar-refractivity contribution in [2.45, 2.75) is 0 Å². The Morgan fingerprint density at radius 3 is 2.59 bits per heavy atom. The molecule has 0 radical (unpaired) electrons. The van der Waals surface area contributed by atoms with Gasteiger partial charge in [-0.3, -0.25) is 4.79 Å². The van der Waals surface area contributed by atoms with Crippen molar-refractivity contribution in [3.05, 3.63) is 52.6 Å². The summed E-state index contributed by atoms with van der Waals surface area (Å²) in [7, 11) is 0. The summed E-state index contributed by atoms with van der Waals surface area (Å²) in [5.41, 5.74) is -0.304. The summed E-state index contributed by atoms with van der Waals surface area (Å²) in [6, 6.07) is 5.68. The molecule has 6 nitrogen and oxygen atoms in total. The lowest BCUT2D eigenvalue weighted by atomic mass is 10.2. The van der Waals surface area contributed by atoms with E-state index in [4.69, 9.17) is 9.84 Å². The van der Waals surface area contributed by atoms with E-state index in [1.165, 1.54) is 36.7 Å². The van der Waals surface area contributed by atoms with Gasteiger partial charge in [0, 0.05) is 12.4 Å². The lowest BCUT2D eigenvalue weighted by Gasteiger charge is -2.03. The zero-order valence-corrected chi connectivity index (χ0v) is 8.58. The van der Waals surface area contributed by atoms with Crippen LogP contribution in [-0.2, 0) is 0 Å². The third-order valence-corrected chi connectivity index (χ3v) is 1.99. The number of carboxylic acid groups (broad SMARTS) is 1. The van der Waals surface area contributed by atoms with Crippen molar-refractivity contribution in [3.8, 4) is 11.6 Å². The maximum atomic E-state index is 11.3. The highest BCUT2D eigenvalue weighted by molar-refractivity contribution is 5.87. The van der Waals surface area contributed by atoms with Gasteiger partial charge in [0.1, 0.15) is 5.75 Å². The zero-order valence-electron chi connectivity index (χ0n) is 8.58. The summed E-state index contributed by atoms with van der Waals surface area (Å²) in [5, 5.41) is 8.70. The van der Waals surface area contributed by atoms with Crippen LogP contribution in [0.4, 0.5) is 0 Å². The maximum Gasteiger partial charge on any atom is 0.335 e. The lowest BCUT2D eigenvalue weighted by molar-refractivity contribution is 0.0697. The smallest absolute Gasteiger partial charge is 0.335 e. The minimum Gasteiger partial charge on any atom is -0.478 e. The Hall–Kier alpha value is -2.63. The number of carboxylic acids is 1. The molecule has 1 aromatic carbocycles. The van der Waals surface area contributed by atoms with Crippen LogP contribution >= 0.6 is 0 Å². The molecular formula is C11H8N2O4. The minimum absolute atomic E-state index is 0.0874. The Balaban J connectivity index is 2.23. The van der Waals surface area contributed by atoms with Gasteiger partial charge in [-0.1, -0.05) is 0 Å². The predicted molar refractivity (Wildman–Crippen MR) is 58.3 cm³/mol. The van der Waals surface area contributed by atoms with Crippen molar-refractivity contribution in [2.24, 2.45) is 0 Å². The number of carbonyl (C=O) groups is 1. The summed E-state index contributed by atoms with van der Waals surface area (Å²) in [6.45, 7) is 0. The van der Waals surface area contributed by atoms with Gasteiger partial charge >= 0.3 is 11.5 Å². The van der Waals surface area contributed by atoms with Crippen molar-refractivity contribution in [1.82, 2.24) is 9.97 Å². The number of aromatic nitrogens is 2. The molecule has 86 valence electrons. The fraction of sp³-hybridized carbons (Fsp3) is 0. The van der Waals surface area contributed by atoms with Gasteiger partial charge in [0.05, 0.1) is 5.56 Å². The number of aromatic carboxylic acids is 1. The first kappa shape index (κ1) is 10.9. The number of aromatic amines is 1. The number of H-pyrrole nitrogens is 1. The van der Waals surface area contributed by atoms with E-state index in [-0.39, 0.29) is 11.4 Å². The number of hydrogen-bond acceptors (Lipinski definition) is 4. The highest BCUT2D eigenvalue weighted by Crippen LogP contribution is 2.16. The normalized spacial score (nSPS) is 9.88. The topological polar surface area (TPSA) is 92.3 Å². The van der Waals surface area contributed by atoms with Gasteiger partial charge < -0.3 is 14.8 Å². The van der Waals surface area contributed by atoms with Crippen molar-refractivity contribution in [3.63, 3.8) is 0 Å². The molecule has 0 aliphatic rings. The van der Waals surface area contributed by atoms with Gasteiger partial charge in [0.2, 0.25) is 0 Å². The van der Waals surface area contributed by atoms with Crippen LogP contribution in [-0.4, -0.2) is 21.0 Å². The second-order valence-electron chi connectivity index (χ2n) is 3.16. The number of nitrogens with zero attached hydrogens (tertiary/aromatic N) is 1. The van der Waals surface area contributed by atoms with E-state index in [0.29, 0.717) is 5.75 Å². The second-order valence-corrected chi connectivity index (χ2v) is 3.16. The van der Waals surface area contributed by atoms with Crippen LogP contribution in [0.5, 0.6) is 11.6 Å². The molecule has 0 unspecified atom stereocenters. The summed E-state index contributed by atoms with van der Waals surface area (Å²) >= 11 is 0. The molecule has 0 saturated heterocycles. The monoisotopic (exact) mass is 232 g/mol. The molecule has 17 heavy (non-hydrogen) atoms. The minimum atomic E-state index is -1.02. The van der Waals surface area contributed by atoms with Crippen LogP contribution in [0, 0.1) is 0 Å². The lowest BCUT2D eigenvalue weighted by Crippen LogP contribution is -2.09. The zero-order chi connectivity index (χ0) is 12.3. The first-order valence-electron chi connectivity index (χ1n) is 4.72. The van der Waals surface area contributed by atoms with E-state index in [1.54, 1.807) is 0 Å². The molecule has 2 N–H and O–H groups in total. The largest absolute Gasteiger partial charge is 0.478 e. The van der Waals surface area contributed by atoms with E-state index >= 15 is 0 Å².